The summed E-state index contributed by atoms with van der Waals surface area (Å²) in [6, 6.07) is 30.4. The van der Waals surface area contributed by atoms with Gasteiger partial charge in [0.05, 0.1) is 46.4 Å². The van der Waals surface area contributed by atoms with Crippen LogP contribution in [0, 0.1) is 0 Å². The molecular formula is C36H28N4O5. The molecule has 222 valence electrons. The molecule has 9 nitrogen and oxygen atoms in total. The summed E-state index contributed by atoms with van der Waals surface area (Å²) in [4.78, 5) is 40.2. The molecular weight excluding hydrogens is 568 g/mol. The normalized spacial score (nSPS) is 11.2. The van der Waals surface area contributed by atoms with Crippen LogP contribution in [0.3, 0.4) is 0 Å². The van der Waals surface area contributed by atoms with Crippen molar-refractivity contribution in [3.63, 3.8) is 0 Å². The number of nitrogens with zero attached hydrogens (tertiary/aromatic N) is 2. The number of aromatic amines is 2. The standard InChI is InChI=1S/C36H28N4O5/c1-3-43-35(41)25-13-15-27-29(19-25)39-33(37-27)23-9-5-21(6-10-23)31-17-18-32(45-31)22-7-11-24(12-8-22)34-38-28-16-14-26(20-30(28)40-34)36(42)44-4-2/h5-20H,3-4H2,1-2H3,(H,37,39)(H,38,40). The maximum atomic E-state index is 12.1. The van der Waals surface area contributed by atoms with Crippen molar-refractivity contribution in [1.29, 1.82) is 0 Å². The Labute approximate surface area is 257 Å². The van der Waals surface area contributed by atoms with Gasteiger partial charge >= 0.3 is 11.9 Å². The number of fused-ring (bicyclic) bond motifs is 2. The number of furan rings is 1. The highest BCUT2D eigenvalue weighted by Gasteiger charge is 2.14. The van der Waals surface area contributed by atoms with Gasteiger partial charge in [-0.3, -0.25) is 0 Å². The number of nitrogens with one attached hydrogen (secondary N) is 2. The second-order valence-corrected chi connectivity index (χ2v) is 10.4. The second kappa shape index (κ2) is 11.6. The van der Waals surface area contributed by atoms with E-state index in [4.69, 9.17) is 13.9 Å². The van der Waals surface area contributed by atoms with Gasteiger partial charge in [-0.1, -0.05) is 48.5 Å². The van der Waals surface area contributed by atoms with E-state index in [1.54, 1.807) is 38.1 Å². The number of hydrogen-bond acceptors (Lipinski definition) is 7. The van der Waals surface area contributed by atoms with Gasteiger partial charge in [-0.25, -0.2) is 19.6 Å². The lowest BCUT2D eigenvalue weighted by Gasteiger charge is -2.02. The molecule has 0 atom stereocenters. The number of rotatable bonds is 8. The minimum absolute atomic E-state index is 0.326. The molecule has 0 aliphatic heterocycles. The smallest absolute Gasteiger partial charge is 0.338 e. The minimum atomic E-state index is -0.355. The quantitative estimate of drug-likeness (QED) is 0.170. The number of carbonyl (C=O) groups is 2. The number of esters is 2. The van der Waals surface area contributed by atoms with Crippen molar-refractivity contribution in [1.82, 2.24) is 19.9 Å². The molecule has 0 spiro atoms. The fourth-order valence-electron chi connectivity index (χ4n) is 5.21. The third-order valence-corrected chi connectivity index (χ3v) is 7.48. The number of hydrogen-bond donors (Lipinski definition) is 2. The first-order chi connectivity index (χ1) is 22.0. The highest BCUT2D eigenvalue weighted by molar-refractivity contribution is 5.95. The number of aromatic nitrogens is 4. The second-order valence-electron chi connectivity index (χ2n) is 10.4. The summed E-state index contributed by atoms with van der Waals surface area (Å²) in [5, 5.41) is 0. The highest BCUT2D eigenvalue weighted by Crippen LogP contribution is 2.32. The van der Waals surface area contributed by atoms with Gasteiger partial charge in [-0.15, -0.1) is 0 Å². The SMILES string of the molecule is CCOC(=O)c1ccc2nc(-c3ccc(-c4ccc(-c5ccc(-c6nc7ccc(C(=O)OCC)cc7[nH]6)cc5)o4)cc3)[nH]c2c1. The molecule has 7 rings (SSSR count). The Kier molecular flexibility index (Phi) is 7.19. The molecule has 0 aliphatic carbocycles. The van der Waals surface area contributed by atoms with E-state index in [1.807, 2.05) is 72.8 Å². The van der Waals surface area contributed by atoms with Crippen molar-refractivity contribution >= 4 is 34.0 Å². The van der Waals surface area contributed by atoms with E-state index in [0.29, 0.717) is 36.0 Å². The molecule has 0 saturated carbocycles. The zero-order valence-electron chi connectivity index (χ0n) is 24.6. The van der Waals surface area contributed by atoms with Crippen molar-refractivity contribution in [2.24, 2.45) is 0 Å². The summed E-state index contributed by atoms with van der Waals surface area (Å²) in [5.74, 6) is 2.21. The molecule has 45 heavy (non-hydrogen) atoms. The van der Waals surface area contributed by atoms with E-state index < -0.39 is 0 Å². The van der Waals surface area contributed by atoms with Crippen molar-refractivity contribution < 1.29 is 23.5 Å². The lowest BCUT2D eigenvalue weighted by Crippen LogP contribution is -2.04. The predicted molar refractivity (Wildman–Crippen MR) is 172 cm³/mol. The van der Waals surface area contributed by atoms with Crippen molar-refractivity contribution in [3.8, 4) is 45.4 Å². The summed E-state index contributed by atoms with van der Waals surface area (Å²) in [6.45, 7) is 4.22. The maximum absolute atomic E-state index is 12.1. The molecule has 0 aliphatic rings. The zero-order valence-corrected chi connectivity index (χ0v) is 24.6. The molecule has 7 aromatic rings. The molecule has 0 radical (unpaired) electrons. The number of benzene rings is 4. The van der Waals surface area contributed by atoms with E-state index in [0.717, 1.165) is 55.8 Å². The predicted octanol–water partition coefficient (Wildman–Crippen LogP) is 8.05. The van der Waals surface area contributed by atoms with Gasteiger partial charge in [0, 0.05) is 22.3 Å². The average molecular weight is 597 g/mol. The summed E-state index contributed by atoms with van der Waals surface area (Å²) in [6.07, 6.45) is 0. The summed E-state index contributed by atoms with van der Waals surface area (Å²) >= 11 is 0. The van der Waals surface area contributed by atoms with Crippen LogP contribution < -0.4 is 0 Å². The Morgan fingerprint density at radius 3 is 1.38 bits per heavy atom. The lowest BCUT2D eigenvalue weighted by molar-refractivity contribution is 0.0517. The average Bonchev–Trinajstić information content (AvgIpc) is 3.83. The van der Waals surface area contributed by atoms with Crippen LogP contribution in [0.25, 0.3) is 67.5 Å². The Bertz CT molecular complexity index is 2020. The molecule has 4 aromatic carbocycles. The molecule has 2 N–H and O–H groups in total. The van der Waals surface area contributed by atoms with Crippen molar-refractivity contribution in [3.05, 3.63) is 108 Å². The molecule has 3 aromatic heterocycles. The Morgan fingerprint density at radius 2 is 0.978 bits per heavy atom. The molecule has 0 fully saturated rings. The van der Waals surface area contributed by atoms with Crippen molar-refractivity contribution in [2.75, 3.05) is 13.2 Å². The molecule has 0 bridgehead atoms. The molecule has 0 unspecified atom stereocenters. The fourth-order valence-corrected chi connectivity index (χ4v) is 5.21. The van der Waals surface area contributed by atoms with Gasteiger partial charge in [-0.05, 0) is 62.4 Å². The van der Waals surface area contributed by atoms with Crippen LogP contribution in [-0.2, 0) is 9.47 Å². The zero-order chi connectivity index (χ0) is 30.9. The first kappa shape index (κ1) is 27.8. The van der Waals surface area contributed by atoms with Crippen LogP contribution in [0.15, 0.2) is 101 Å². The summed E-state index contributed by atoms with van der Waals surface area (Å²) in [5.41, 5.74) is 7.75. The highest BCUT2D eigenvalue weighted by atomic mass is 16.5. The van der Waals surface area contributed by atoms with Gasteiger partial charge in [0.15, 0.2) is 0 Å². The van der Waals surface area contributed by atoms with Crippen LogP contribution in [0.4, 0.5) is 0 Å². The largest absolute Gasteiger partial charge is 0.462 e. The third kappa shape index (κ3) is 5.47. The molecule has 9 heteroatoms. The topological polar surface area (TPSA) is 123 Å². The van der Waals surface area contributed by atoms with Crippen molar-refractivity contribution in [2.45, 2.75) is 13.8 Å². The van der Waals surface area contributed by atoms with Gasteiger partial charge in [-0.2, -0.15) is 0 Å². The van der Waals surface area contributed by atoms with Crippen LogP contribution in [0.2, 0.25) is 0 Å². The van der Waals surface area contributed by atoms with E-state index in [-0.39, 0.29) is 11.9 Å². The van der Waals surface area contributed by atoms with Crippen LogP contribution in [0.5, 0.6) is 0 Å². The van der Waals surface area contributed by atoms with Gasteiger partial charge in [0.1, 0.15) is 23.2 Å². The number of imidazole rings is 2. The summed E-state index contributed by atoms with van der Waals surface area (Å²) < 4.78 is 16.4. The van der Waals surface area contributed by atoms with E-state index in [2.05, 4.69) is 19.9 Å². The van der Waals surface area contributed by atoms with Crippen LogP contribution >= 0.6 is 0 Å². The molecule has 0 saturated heterocycles. The third-order valence-electron chi connectivity index (χ3n) is 7.48. The first-order valence-electron chi connectivity index (χ1n) is 14.6. The molecule has 3 heterocycles. The Balaban J connectivity index is 1.07. The van der Waals surface area contributed by atoms with Crippen LogP contribution in [-0.4, -0.2) is 45.1 Å². The van der Waals surface area contributed by atoms with Gasteiger partial charge in [0.25, 0.3) is 0 Å². The number of ether oxygens (including phenoxy) is 2. The fraction of sp³-hybridized carbons (Fsp3) is 0.111. The van der Waals surface area contributed by atoms with E-state index in [1.165, 1.54) is 0 Å². The lowest BCUT2D eigenvalue weighted by atomic mass is 10.1. The van der Waals surface area contributed by atoms with E-state index in [9.17, 15) is 9.59 Å². The van der Waals surface area contributed by atoms with Crippen LogP contribution in [0.1, 0.15) is 34.6 Å². The molecule has 0 amide bonds. The van der Waals surface area contributed by atoms with Gasteiger partial charge in [0.2, 0.25) is 0 Å². The first-order valence-corrected chi connectivity index (χ1v) is 14.6. The number of carbonyl (C=O) groups excluding carboxylic acids is 2. The maximum Gasteiger partial charge on any atom is 0.338 e. The summed E-state index contributed by atoms with van der Waals surface area (Å²) in [7, 11) is 0. The number of H-pyrrole nitrogens is 2. The Hall–Kier alpha value is -5.96. The van der Waals surface area contributed by atoms with Gasteiger partial charge < -0.3 is 23.9 Å². The van der Waals surface area contributed by atoms with E-state index >= 15 is 0 Å². The monoisotopic (exact) mass is 596 g/mol. The minimum Gasteiger partial charge on any atom is -0.462 e. The Morgan fingerprint density at radius 1 is 0.578 bits per heavy atom.